The van der Waals surface area contributed by atoms with E-state index in [2.05, 4.69) is 19.2 Å². The first-order valence-electron chi connectivity index (χ1n) is 2.60. The molecule has 0 fully saturated rings. The van der Waals surface area contributed by atoms with Gasteiger partial charge in [0.15, 0.2) is 0 Å². The van der Waals surface area contributed by atoms with Crippen molar-refractivity contribution in [1.82, 2.24) is 0 Å². The van der Waals surface area contributed by atoms with Crippen molar-refractivity contribution in [1.29, 1.82) is 0 Å². The highest BCUT2D eigenvalue weighted by Gasteiger charge is 1.58. The fourth-order valence-electron chi connectivity index (χ4n) is 0.227. The highest BCUT2D eigenvalue weighted by Crippen LogP contribution is 1.91. The lowest BCUT2D eigenvalue weighted by atomic mass is 10.7. The molecule has 0 N–H and O–H groups in total. The minimum absolute atomic E-state index is 0.778. The molecule has 0 aliphatic rings. The molecule has 0 spiro atoms. The van der Waals surface area contributed by atoms with Gasteiger partial charge in [0.2, 0.25) is 0 Å². The Hall–Kier alpha value is -0.210. The van der Waals surface area contributed by atoms with Crippen LogP contribution in [0.4, 0.5) is 0 Å². The van der Waals surface area contributed by atoms with E-state index in [1.807, 2.05) is 22.9 Å². The van der Waals surface area contributed by atoms with E-state index >= 15 is 0 Å². The lowest BCUT2D eigenvalue weighted by Gasteiger charge is -1.57. The Morgan fingerprint density at radius 3 is 2.00 bits per heavy atom. The van der Waals surface area contributed by atoms with Gasteiger partial charge in [-0.05, 0) is 10.8 Å². The van der Waals surface area contributed by atoms with Gasteiger partial charge in [0.25, 0.3) is 0 Å². The third kappa shape index (κ3) is 7.79. The van der Waals surface area contributed by atoms with Crippen LogP contribution >= 0.6 is 24.0 Å². The van der Waals surface area contributed by atoms with E-state index in [0.717, 1.165) is 5.75 Å². The van der Waals surface area contributed by atoms with Gasteiger partial charge in [-0.25, -0.2) is 0 Å². The summed E-state index contributed by atoms with van der Waals surface area (Å²) in [6.45, 7) is 3.40. The number of thiophene rings is 1. The Morgan fingerprint density at radius 1 is 1.44 bits per heavy atom. The Kier molecular flexibility index (Phi) is 7.61. The highest BCUT2D eigenvalue weighted by atomic mass is 32.1. The smallest absolute Gasteiger partial charge is 0.00799 e. The zero-order valence-electron chi connectivity index (χ0n) is 5.16. The van der Waals surface area contributed by atoms with Crippen LogP contribution in [0.1, 0.15) is 0 Å². The zero-order chi connectivity index (χ0) is 6.95. The third-order valence-electron chi connectivity index (χ3n) is 0.554. The predicted molar refractivity (Wildman–Crippen MR) is 48.4 cm³/mol. The number of thiol groups is 1. The van der Waals surface area contributed by atoms with E-state index in [0.29, 0.717) is 0 Å². The standard InChI is InChI=1S/C4H4S.C3H6S/c1-2-4-5-3-1;1-2-3-4/h1-4H;2,4H,1,3H2. The van der Waals surface area contributed by atoms with Gasteiger partial charge in [0, 0.05) is 5.75 Å². The molecule has 0 nitrogen and oxygen atoms in total. The molecule has 50 valence electrons. The predicted octanol–water partition coefficient (Wildman–Crippen LogP) is 2.85. The van der Waals surface area contributed by atoms with Crippen LogP contribution in [-0.4, -0.2) is 5.75 Å². The van der Waals surface area contributed by atoms with Crippen LogP contribution in [0.3, 0.4) is 0 Å². The molecule has 1 rings (SSSR count). The van der Waals surface area contributed by atoms with Crippen LogP contribution in [0, 0.1) is 0 Å². The van der Waals surface area contributed by atoms with E-state index < -0.39 is 0 Å². The molecule has 9 heavy (non-hydrogen) atoms. The van der Waals surface area contributed by atoms with E-state index in [9.17, 15) is 0 Å². The van der Waals surface area contributed by atoms with Crippen molar-refractivity contribution < 1.29 is 0 Å². The van der Waals surface area contributed by atoms with Crippen molar-refractivity contribution in [2.45, 2.75) is 0 Å². The second-order valence-corrected chi connectivity index (χ2v) is 2.45. The van der Waals surface area contributed by atoms with Crippen LogP contribution in [0.2, 0.25) is 0 Å². The van der Waals surface area contributed by atoms with Crippen molar-refractivity contribution in [3.8, 4) is 0 Å². The molecule has 0 radical (unpaired) electrons. The fourth-order valence-corrected chi connectivity index (χ4v) is 0.680. The molecule has 0 bridgehead atoms. The first kappa shape index (κ1) is 8.79. The molecule has 0 aliphatic carbocycles. The first-order chi connectivity index (χ1) is 4.41. The maximum atomic E-state index is 3.80. The van der Waals surface area contributed by atoms with Gasteiger partial charge in [-0.15, -0.1) is 6.58 Å². The molecule has 0 aromatic carbocycles. The van der Waals surface area contributed by atoms with Crippen LogP contribution < -0.4 is 0 Å². The largest absolute Gasteiger partial charge is 0.175 e. The zero-order valence-corrected chi connectivity index (χ0v) is 6.87. The fraction of sp³-hybridized carbons (Fsp3) is 0.143. The monoisotopic (exact) mass is 158 g/mol. The summed E-state index contributed by atoms with van der Waals surface area (Å²) in [5.41, 5.74) is 0. The molecule has 0 saturated heterocycles. The van der Waals surface area contributed by atoms with E-state index in [-0.39, 0.29) is 0 Å². The van der Waals surface area contributed by atoms with Gasteiger partial charge in [0.1, 0.15) is 0 Å². The average Bonchev–Trinajstić information content (AvgIpc) is 2.43. The van der Waals surface area contributed by atoms with E-state index in [1.54, 1.807) is 17.4 Å². The van der Waals surface area contributed by atoms with Crippen LogP contribution in [0.15, 0.2) is 35.5 Å². The summed E-state index contributed by atoms with van der Waals surface area (Å²) in [6, 6.07) is 4.04. The van der Waals surface area contributed by atoms with Gasteiger partial charge in [-0.1, -0.05) is 18.2 Å². The number of hydrogen-bond donors (Lipinski definition) is 1. The molecule has 0 unspecified atom stereocenters. The minimum atomic E-state index is 0.778. The Bertz CT molecular complexity index is 104. The molecule has 0 amide bonds. The third-order valence-corrected chi connectivity index (χ3v) is 1.44. The first-order valence-corrected chi connectivity index (χ1v) is 4.18. The van der Waals surface area contributed by atoms with E-state index in [4.69, 9.17) is 0 Å². The van der Waals surface area contributed by atoms with Crippen molar-refractivity contribution in [2.24, 2.45) is 0 Å². The summed E-state index contributed by atoms with van der Waals surface area (Å²) < 4.78 is 0. The Labute approximate surface area is 65.6 Å². The van der Waals surface area contributed by atoms with Crippen LogP contribution in [-0.2, 0) is 0 Å². The van der Waals surface area contributed by atoms with Gasteiger partial charge < -0.3 is 0 Å². The van der Waals surface area contributed by atoms with Crippen molar-refractivity contribution in [3.63, 3.8) is 0 Å². The highest BCUT2D eigenvalue weighted by molar-refractivity contribution is 7.80. The molecule has 0 saturated carbocycles. The summed E-state index contributed by atoms with van der Waals surface area (Å²) in [5.74, 6) is 0.778. The molecular formula is C7H10S2. The lowest BCUT2D eigenvalue weighted by Crippen LogP contribution is -1.45. The average molecular weight is 158 g/mol. The molecule has 1 aromatic rings. The molecule has 1 aromatic heterocycles. The second kappa shape index (κ2) is 7.79. The van der Waals surface area contributed by atoms with Crippen LogP contribution in [0.25, 0.3) is 0 Å². The molecular weight excluding hydrogens is 148 g/mol. The normalized spacial score (nSPS) is 7.22. The molecule has 2 heteroatoms. The summed E-state index contributed by atoms with van der Waals surface area (Å²) in [6.07, 6.45) is 1.74. The molecule has 0 aliphatic heterocycles. The van der Waals surface area contributed by atoms with Crippen molar-refractivity contribution in [3.05, 3.63) is 35.5 Å². The topological polar surface area (TPSA) is 0 Å². The van der Waals surface area contributed by atoms with Gasteiger partial charge in [0.05, 0.1) is 0 Å². The lowest BCUT2D eigenvalue weighted by molar-refractivity contribution is 1.85. The van der Waals surface area contributed by atoms with Gasteiger partial charge in [-0.2, -0.15) is 24.0 Å². The number of rotatable bonds is 1. The minimum Gasteiger partial charge on any atom is -0.175 e. The summed E-state index contributed by atoms with van der Waals surface area (Å²) in [7, 11) is 0. The Balaban J connectivity index is 0.000000148. The maximum absolute atomic E-state index is 3.80. The van der Waals surface area contributed by atoms with Crippen molar-refractivity contribution in [2.75, 3.05) is 5.75 Å². The second-order valence-electron chi connectivity index (χ2n) is 1.26. The number of hydrogen-bond acceptors (Lipinski definition) is 2. The summed E-state index contributed by atoms with van der Waals surface area (Å²) >= 11 is 5.52. The quantitative estimate of drug-likeness (QED) is 0.471. The van der Waals surface area contributed by atoms with Gasteiger partial charge >= 0.3 is 0 Å². The Morgan fingerprint density at radius 2 is 1.89 bits per heavy atom. The summed E-state index contributed by atoms with van der Waals surface area (Å²) in [4.78, 5) is 0. The molecule has 1 heterocycles. The van der Waals surface area contributed by atoms with Crippen LogP contribution in [0.5, 0.6) is 0 Å². The molecule has 0 atom stereocenters. The summed E-state index contributed by atoms with van der Waals surface area (Å²) in [5, 5.41) is 4.08. The van der Waals surface area contributed by atoms with Gasteiger partial charge in [-0.3, -0.25) is 0 Å². The van der Waals surface area contributed by atoms with E-state index in [1.165, 1.54) is 0 Å². The van der Waals surface area contributed by atoms with Crippen molar-refractivity contribution >= 4 is 24.0 Å². The SMILES string of the molecule is C=CCS.c1ccsc1. The maximum Gasteiger partial charge on any atom is 0.00799 e.